The van der Waals surface area contributed by atoms with Gasteiger partial charge < -0.3 is 0 Å². The molecule has 0 saturated heterocycles. The molecule has 3 nitrogen and oxygen atoms in total. The van der Waals surface area contributed by atoms with Crippen molar-refractivity contribution in [2.75, 3.05) is 0 Å². The van der Waals surface area contributed by atoms with Gasteiger partial charge in [0, 0.05) is 24.2 Å². The second-order valence-electron chi connectivity index (χ2n) is 2.76. The average molecular weight is 203 g/mol. The highest BCUT2D eigenvalue weighted by Crippen LogP contribution is 2.14. The normalized spacial score (nSPS) is 10.1. The van der Waals surface area contributed by atoms with E-state index in [0.717, 1.165) is 17.1 Å². The molecule has 0 bridgehead atoms. The van der Waals surface area contributed by atoms with Gasteiger partial charge in [0.2, 0.25) is 0 Å². The molecule has 4 heteroatoms. The van der Waals surface area contributed by atoms with Crippen LogP contribution in [0.3, 0.4) is 0 Å². The molecule has 0 spiro atoms. The van der Waals surface area contributed by atoms with Gasteiger partial charge >= 0.3 is 0 Å². The Kier molecular flexibility index (Phi) is 2.74. The summed E-state index contributed by atoms with van der Waals surface area (Å²) in [5.41, 5.74) is 1.88. The predicted octanol–water partition coefficient (Wildman–Crippen LogP) is 1.97. The van der Waals surface area contributed by atoms with E-state index >= 15 is 0 Å². The minimum Gasteiger partial charge on any atom is -0.264 e. The Hall–Kier alpha value is -1.42. The number of hydrogen-bond donors (Lipinski definition) is 1. The van der Waals surface area contributed by atoms with Gasteiger partial charge in [0.1, 0.15) is 5.82 Å². The standard InChI is InChI=1S/C10H9N3S/c14-7-10-12-5-3-9(13-10)8-2-1-4-11-6-8/h1-6,14H,7H2. The summed E-state index contributed by atoms with van der Waals surface area (Å²) >= 11 is 4.13. The molecule has 0 aliphatic heterocycles. The van der Waals surface area contributed by atoms with Crippen molar-refractivity contribution >= 4 is 12.6 Å². The van der Waals surface area contributed by atoms with Crippen molar-refractivity contribution < 1.29 is 0 Å². The summed E-state index contributed by atoms with van der Waals surface area (Å²) in [6.07, 6.45) is 5.26. The fourth-order valence-electron chi connectivity index (χ4n) is 1.15. The quantitative estimate of drug-likeness (QED) is 0.758. The lowest BCUT2D eigenvalue weighted by Crippen LogP contribution is -1.92. The third-order valence-corrected chi connectivity index (χ3v) is 2.09. The van der Waals surface area contributed by atoms with Crippen LogP contribution in [-0.4, -0.2) is 15.0 Å². The summed E-state index contributed by atoms with van der Waals surface area (Å²) < 4.78 is 0. The Morgan fingerprint density at radius 1 is 1.21 bits per heavy atom. The molecular formula is C10H9N3S. The fraction of sp³-hybridized carbons (Fsp3) is 0.100. The smallest absolute Gasteiger partial charge is 0.138 e. The molecule has 2 heterocycles. The molecule has 0 aliphatic carbocycles. The maximum absolute atomic E-state index is 4.33. The average Bonchev–Trinajstić information content (AvgIpc) is 2.30. The van der Waals surface area contributed by atoms with Gasteiger partial charge in [0.05, 0.1) is 11.4 Å². The summed E-state index contributed by atoms with van der Waals surface area (Å²) in [6.45, 7) is 0. The van der Waals surface area contributed by atoms with Crippen molar-refractivity contribution in [2.45, 2.75) is 5.75 Å². The van der Waals surface area contributed by atoms with Gasteiger partial charge in [-0.05, 0) is 18.2 Å². The molecule has 0 atom stereocenters. The lowest BCUT2D eigenvalue weighted by atomic mass is 10.2. The molecule has 2 aromatic rings. The predicted molar refractivity (Wildman–Crippen MR) is 58.0 cm³/mol. The van der Waals surface area contributed by atoms with E-state index in [-0.39, 0.29) is 0 Å². The molecule has 0 aliphatic rings. The van der Waals surface area contributed by atoms with E-state index < -0.39 is 0 Å². The zero-order valence-electron chi connectivity index (χ0n) is 7.46. The summed E-state index contributed by atoms with van der Waals surface area (Å²) in [5, 5.41) is 0. The van der Waals surface area contributed by atoms with E-state index in [0.29, 0.717) is 5.75 Å². The largest absolute Gasteiger partial charge is 0.264 e. The van der Waals surface area contributed by atoms with E-state index in [1.54, 1.807) is 18.6 Å². The maximum atomic E-state index is 4.33. The number of nitrogens with zero attached hydrogens (tertiary/aromatic N) is 3. The lowest BCUT2D eigenvalue weighted by molar-refractivity contribution is 1.04. The van der Waals surface area contributed by atoms with Crippen LogP contribution in [0.4, 0.5) is 0 Å². The van der Waals surface area contributed by atoms with Gasteiger partial charge in [-0.15, -0.1) is 0 Å². The third-order valence-electron chi connectivity index (χ3n) is 1.80. The van der Waals surface area contributed by atoms with E-state index in [2.05, 4.69) is 27.6 Å². The van der Waals surface area contributed by atoms with Crippen LogP contribution >= 0.6 is 12.6 Å². The van der Waals surface area contributed by atoms with E-state index in [1.807, 2.05) is 18.2 Å². The van der Waals surface area contributed by atoms with Gasteiger partial charge in [-0.1, -0.05) is 0 Å². The number of pyridine rings is 1. The summed E-state index contributed by atoms with van der Waals surface area (Å²) in [7, 11) is 0. The highest BCUT2D eigenvalue weighted by atomic mass is 32.1. The van der Waals surface area contributed by atoms with Crippen LogP contribution in [0.25, 0.3) is 11.3 Å². The van der Waals surface area contributed by atoms with Gasteiger partial charge in [0.25, 0.3) is 0 Å². The number of hydrogen-bond acceptors (Lipinski definition) is 4. The third kappa shape index (κ3) is 1.90. The molecule has 0 fully saturated rings. The summed E-state index contributed by atoms with van der Waals surface area (Å²) in [4.78, 5) is 12.4. The fourth-order valence-corrected chi connectivity index (χ4v) is 1.30. The van der Waals surface area contributed by atoms with Crippen molar-refractivity contribution in [1.29, 1.82) is 0 Å². The number of rotatable bonds is 2. The Morgan fingerprint density at radius 2 is 2.14 bits per heavy atom. The molecule has 2 aromatic heterocycles. The molecule has 0 saturated carbocycles. The van der Waals surface area contributed by atoms with Crippen LogP contribution in [-0.2, 0) is 5.75 Å². The Labute approximate surface area is 87.7 Å². The Balaban J connectivity index is 2.42. The Morgan fingerprint density at radius 3 is 2.86 bits per heavy atom. The first-order valence-corrected chi connectivity index (χ1v) is 4.86. The molecule has 0 radical (unpaired) electrons. The van der Waals surface area contributed by atoms with Crippen LogP contribution in [0.15, 0.2) is 36.8 Å². The van der Waals surface area contributed by atoms with Gasteiger partial charge in [-0.2, -0.15) is 12.6 Å². The van der Waals surface area contributed by atoms with Gasteiger partial charge in [0.15, 0.2) is 0 Å². The SMILES string of the molecule is SCc1nccc(-c2cccnc2)n1. The first-order chi connectivity index (χ1) is 6.90. The van der Waals surface area contributed by atoms with Crippen LogP contribution in [0.2, 0.25) is 0 Å². The van der Waals surface area contributed by atoms with Crippen LogP contribution in [0.5, 0.6) is 0 Å². The lowest BCUT2D eigenvalue weighted by Gasteiger charge is -2.00. The van der Waals surface area contributed by atoms with Crippen LogP contribution in [0.1, 0.15) is 5.82 Å². The maximum Gasteiger partial charge on any atom is 0.138 e. The topological polar surface area (TPSA) is 38.7 Å². The molecular weight excluding hydrogens is 194 g/mol. The zero-order valence-corrected chi connectivity index (χ0v) is 8.35. The molecule has 70 valence electrons. The van der Waals surface area contributed by atoms with E-state index in [4.69, 9.17) is 0 Å². The molecule has 0 unspecified atom stereocenters. The molecule has 0 amide bonds. The van der Waals surface area contributed by atoms with E-state index in [9.17, 15) is 0 Å². The van der Waals surface area contributed by atoms with Crippen molar-refractivity contribution in [3.63, 3.8) is 0 Å². The van der Waals surface area contributed by atoms with Crippen molar-refractivity contribution in [2.24, 2.45) is 0 Å². The summed E-state index contributed by atoms with van der Waals surface area (Å²) in [6, 6.07) is 5.72. The first kappa shape index (κ1) is 9.15. The first-order valence-electron chi connectivity index (χ1n) is 4.23. The minimum atomic E-state index is 0.550. The van der Waals surface area contributed by atoms with E-state index in [1.165, 1.54) is 0 Å². The van der Waals surface area contributed by atoms with Crippen LogP contribution in [0, 0.1) is 0 Å². The minimum absolute atomic E-state index is 0.550. The Bertz CT molecular complexity index is 417. The second kappa shape index (κ2) is 4.19. The van der Waals surface area contributed by atoms with Crippen molar-refractivity contribution in [1.82, 2.24) is 15.0 Å². The van der Waals surface area contributed by atoms with Crippen LogP contribution < -0.4 is 0 Å². The highest BCUT2D eigenvalue weighted by molar-refractivity contribution is 7.79. The molecule has 2 rings (SSSR count). The van der Waals surface area contributed by atoms with Crippen molar-refractivity contribution in [3.8, 4) is 11.3 Å². The monoisotopic (exact) mass is 203 g/mol. The summed E-state index contributed by atoms with van der Waals surface area (Å²) in [5.74, 6) is 1.28. The van der Waals surface area contributed by atoms with Gasteiger partial charge in [-0.25, -0.2) is 9.97 Å². The molecule has 0 aromatic carbocycles. The molecule has 0 N–H and O–H groups in total. The number of aromatic nitrogens is 3. The van der Waals surface area contributed by atoms with Crippen molar-refractivity contribution in [3.05, 3.63) is 42.6 Å². The van der Waals surface area contributed by atoms with Gasteiger partial charge in [-0.3, -0.25) is 4.98 Å². The zero-order chi connectivity index (χ0) is 9.80. The number of thiol groups is 1. The highest BCUT2D eigenvalue weighted by Gasteiger charge is 1.99. The molecule has 14 heavy (non-hydrogen) atoms. The second-order valence-corrected chi connectivity index (χ2v) is 3.07.